The SMILES string of the molecule is C#CCCC.CC1(C)c2cc(N)ccc2N(CCC(=N)N)c2ccc(Cl)cc21. The van der Waals surface area contributed by atoms with Crippen LogP contribution in [0, 0.1) is 17.8 Å². The van der Waals surface area contributed by atoms with E-state index in [4.69, 9.17) is 34.9 Å². The van der Waals surface area contributed by atoms with Crippen molar-refractivity contribution >= 4 is 34.5 Å². The number of halogens is 1. The Kier molecular flexibility index (Phi) is 6.99. The first-order valence-electron chi connectivity index (χ1n) is 9.46. The van der Waals surface area contributed by atoms with Gasteiger partial charge in [0.15, 0.2) is 0 Å². The van der Waals surface area contributed by atoms with Crippen LogP contribution in [0.1, 0.15) is 51.2 Å². The van der Waals surface area contributed by atoms with Crippen LogP contribution in [0.5, 0.6) is 0 Å². The van der Waals surface area contributed by atoms with Crippen molar-refractivity contribution < 1.29 is 0 Å². The molecular weight excluding hydrogens is 368 g/mol. The molecule has 0 bridgehead atoms. The van der Waals surface area contributed by atoms with E-state index in [9.17, 15) is 0 Å². The largest absolute Gasteiger partial charge is 0.399 e. The molecule has 1 heterocycles. The summed E-state index contributed by atoms with van der Waals surface area (Å²) >= 11 is 6.24. The van der Waals surface area contributed by atoms with Crippen LogP contribution in [-0.2, 0) is 5.41 Å². The molecule has 1 aliphatic rings. The van der Waals surface area contributed by atoms with Gasteiger partial charge in [0, 0.05) is 46.9 Å². The highest BCUT2D eigenvalue weighted by molar-refractivity contribution is 6.30. The number of nitrogens with zero attached hydrogens (tertiary/aromatic N) is 1. The van der Waals surface area contributed by atoms with Gasteiger partial charge in [-0.25, -0.2) is 0 Å². The van der Waals surface area contributed by atoms with Crippen LogP contribution >= 0.6 is 11.6 Å². The maximum Gasteiger partial charge on any atom is 0.0923 e. The summed E-state index contributed by atoms with van der Waals surface area (Å²) in [6, 6.07) is 11.9. The average Bonchev–Trinajstić information content (AvgIpc) is 2.63. The summed E-state index contributed by atoms with van der Waals surface area (Å²) in [7, 11) is 0. The molecule has 2 aromatic carbocycles. The monoisotopic (exact) mass is 396 g/mol. The van der Waals surface area contributed by atoms with E-state index < -0.39 is 0 Å². The van der Waals surface area contributed by atoms with E-state index in [-0.39, 0.29) is 11.3 Å². The fourth-order valence-electron chi connectivity index (χ4n) is 3.43. The number of benzene rings is 2. The Morgan fingerprint density at radius 1 is 1.18 bits per heavy atom. The van der Waals surface area contributed by atoms with E-state index in [0.717, 1.165) is 46.1 Å². The molecule has 0 aromatic heterocycles. The number of rotatable bonds is 4. The quantitative estimate of drug-likeness (QED) is 0.278. The third kappa shape index (κ3) is 4.61. The fraction of sp³-hybridized carbons (Fsp3) is 0.348. The van der Waals surface area contributed by atoms with Gasteiger partial charge in [-0.15, -0.1) is 12.3 Å². The Bertz CT molecular complexity index is 840. The van der Waals surface area contributed by atoms with Crippen LogP contribution in [0.15, 0.2) is 36.4 Å². The minimum atomic E-state index is -0.197. The molecule has 3 rings (SSSR count). The van der Waals surface area contributed by atoms with Crippen molar-refractivity contribution in [2.45, 2.75) is 45.4 Å². The number of hydrogen-bond acceptors (Lipinski definition) is 3. The lowest BCUT2D eigenvalue weighted by Crippen LogP contribution is -2.34. The average molecular weight is 397 g/mol. The molecule has 148 valence electrons. The smallest absolute Gasteiger partial charge is 0.0923 e. The summed E-state index contributed by atoms with van der Waals surface area (Å²) in [5.74, 6) is 2.70. The molecule has 4 nitrogen and oxygen atoms in total. The lowest BCUT2D eigenvalue weighted by Gasteiger charge is -2.42. The van der Waals surface area contributed by atoms with E-state index in [0.29, 0.717) is 13.0 Å². The van der Waals surface area contributed by atoms with Crippen LogP contribution in [0.3, 0.4) is 0 Å². The first-order valence-corrected chi connectivity index (χ1v) is 9.84. The minimum Gasteiger partial charge on any atom is -0.399 e. The molecule has 1 aliphatic heterocycles. The number of nitrogen functional groups attached to an aromatic ring is 1. The second-order valence-corrected chi connectivity index (χ2v) is 7.88. The Morgan fingerprint density at radius 2 is 1.79 bits per heavy atom. The Morgan fingerprint density at radius 3 is 2.32 bits per heavy atom. The van der Waals surface area contributed by atoms with Crippen molar-refractivity contribution in [2.75, 3.05) is 17.2 Å². The van der Waals surface area contributed by atoms with Crippen molar-refractivity contribution in [3.63, 3.8) is 0 Å². The lowest BCUT2D eigenvalue weighted by atomic mass is 9.73. The normalized spacial score (nSPS) is 13.5. The molecule has 0 radical (unpaired) electrons. The predicted octanol–water partition coefficient (Wildman–Crippen LogP) is 5.45. The van der Waals surface area contributed by atoms with E-state index in [2.05, 4.69) is 31.6 Å². The molecule has 0 aliphatic carbocycles. The van der Waals surface area contributed by atoms with Gasteiger partial charge in [-0.1, -0.05) is 32.4 Å². The highest BCUT2D eigenvalue weighted by Crippen LogP contribution is 2.49. The number of nitrogens with one attached hydrogen (secondary N) is 1. The number of fused-ring (bicyclic) bond motifs is 2. The van der Waals surface area contributed by atoms with E-state index in [1.54, 1.807) is 0 Å². The van der Waals surface area contributed by atoms with Gasteiger partial charge in [0.1, 0.15) is 0 Å². The van der Waals surface area contributed by atoms with Gasteiger partial charge in [-0.2, -0.15) is 0 Å². The Labute approximate surface area is 173 Å². The van der Waals surface area contributed by atoms with Gasteiger partial charge in [-0.3, -0.25) is 5.41 Å². The maximum absolute atomic E-state index is 7.54. The molecule has 28 heavy (non-hydrogen) atoms. The summed E-state index contributed by atoms with van der Waals surface area (Å²) in [6.07, 6.45) is 7.42. The van der Waals surface area contributed by atoms with E-state index in [1.165, 1.54) is 0 Å². The zero-order valence-corrected chi connectivity index (χ0v) is 17.6. The number of unbranched alkanes of at least 4 members (excludes halogenated alkanes) is 1. The number of hydrogen-bond donors (Lipinski definition) is 3. The summed E-state index contributed by atoms with van der Waals surface area (Å²) in [5, 5.41) is 8.26. The molecule has 0 atom stereocenters. The molecule has 5 N–H and O–H groups in total. The summed E-state index contributed by atoms with van der Waals surface area (Å²) in [4.78, 5) is 2.20. The predicted molar refractivity (Wildman–Crippen MR) is 122 cm³/mol. The third-order valence-corrected chi connectivity index (χ3v) is 5.14. The minimum absolute atomic E-state index is 0.183. The molecule has 5 heteroatoms. The number of amidine groups is 1. The molecule has 0 unspecified atom stereocenters. The lowest BCUT2D eigenvalue weighted by molar-refractivity contribution is 0.625. The standard InChI is InChI=1S/C18H21ClN4.C5H8/c1-18(2)13-9-11(19)3-5-15(13)23(8-7-17(21)22)16-6-4-12(20)10-14(16)18;1-3-5-4-2/h3-6,9-10H,7-8,20H2,1-2H3,(H3,21,22);1H,4-5H2,2H3. The van der Waals surface area contributed by atoms with E-state index >= 15 is 0 Å². The molecular formula is C23H29ClN4. The summed E-state index contributed by atoms with van der Waals surface area (Å²) in [5.41, 5.74) is 16.7. The fourth-order valence-corrected chi connectivity index (χ4v) is 3.60. The molecule has 0 saturated heterocycles. The highest BCUT2D eigenvalue weighted by atomic mass is 35.5. The topological polar surface area (TPSA) is 79.1 Å². The van der Waals surface area contributed by atoms with Crippen molar-refractivity contribution in [2.24, 2.45) is 5.73 Å². The Hall–Kier alpha value is -2.64. The summed E-state index contributed by atoms with van der Waals surface area (Å²) in [6.45, 7) is 7.09. The van der Waals surface area contributed by atoms with Gasteiger partial charge < -0.3 is 16.4 Å². The first-order chi connectivity index (χ1) is 13.2. The van der Waals surface area contributed by atoms with Crippen LogP contribution < -0.4 is 16.4 Å². The molecule has 0 amide bonds. The zero-order chi connectivity index (χ0) is 20.9. The molecule has 0 saturated carbocycles. The van der Waals surface area contributed by atoms with Crippen molar-refractivity contribution in [3.8, 4) is 12.3 Å². The number of nitrogens with two attached hydrogens (primary N) is 2. The maximum atomic E-state index is 7.54. The number of anilines is 3. The van der Waals surface area contributed by atoms with Gasteiger partial charge in [0.2, 0.25) is 0 Å². The van der Waals surface area contributed by atoms with Crippen LogP contribution in [0.25, 0.3) is 0 Å². The van der Waals surface area contributed by atoms with Crippen molar-refractivity contribution in [1.82, 2.24) is 0 Å². The van der Waals surface area contributed by atoms with Crippen LogP contribution in [-0.4, -0.2) is 12.4 Å². The number of terminal acetylenes is 1. The van der Waals surface area contributed by atoms with E-state index in [1.807, 2.05) is 36.4 Å². The van der Waals surface area contributed by atoms with Gasteiger partial charge in [-0.05, 0) is 53.9 Å². The molecule has 0 fully saturated rings. The first kappa shape index (κ1) is 21.7. The second kappa shape index (κ2) is 9.03. The zero-order valence-electron chi connectivity index (χ0n) is 16.8. The summed E-state index contributed by atoms with van der Waals surface area (Å²) < 4.78 is 0. The third-order valence-electron chi connectivity index (χ3n) is 4.91. The molecule has 2 aromatic rings. The van der Waals surface area contributed by atoms with Crippen LogP contribution in [0.2, 0.25) is 5.02 Å². The van der Waals surface area contributed by atoms with Gasteiger partial charge in [0.25, 0.3) is 0 Å². The van der Waals surface area contributed by atoms with Crippen molar-refractivity contribution in [3.05, 3.63) is 52.5 Å². The Balaban J connectivity index is 0.000000500. The highest BCUT2D eigenvalue weighted by Gasteiger charge is 2.36. The second-order valence-electron chi connectivity index (χ2n) is 7.44. The van der Waals surface area contributed by atoms with Gasteiger partial charge in [0.05, 0.1) is 5.84 Å². The van der Waals surface area contributed by atoms with Crippen molar-refractivity contribution in [1.29, 1.82) is 5.41 Å². The molecule has 0 spiro atoms. The van der Waals surface area contributed by atoms with Crippen LogP contribution in [0.4, 0.5) is 17.1 Å². The van der Waals surface area contributed by atoms with Gasteiger partial charge >= 0.3 is 0 Å².